The molecule has 0 saturated carbocycles. The smallest absolute Gasteiger partial charge is 0.159 e. The van der Waals surface area contributed by atoms with Crippen molar-refractivity contribution in [3.8, 4) is 5.69 Å². The summed E-state index contributed by atoms with van der Waals surface area (Å²) < 4.78 is 7.97. The molecule has 1 aromatic carbocycles. The van der Waals surface area contributed by atoms with Crippen molar-refractivity contribution >= 4 is 16.7 Å². The van der Waals surface area contributed by atoms with Crippen LogP contribution in [-0.4, -0.2) is 40.6 Å². The van der Waals surface area contributed by atoms with Gasteiger partial charge in [-0.05, 0) is 37.5 Å². The Morgan fingerprint density at radius 2 is 2.00 bits per heavy atom. The fraction of sp³-hybridized carbons (Fsp3) is 0.429. The molecule has 0 aliphatic carbocycles. The van der Waals surface area contributed by atoms with Crippen molar-refractivity contribution in [2.75, 3.05) is 24.6 Å². The van der Waals surface area contributed by atoms with Gasteiger partial charge in [0.2, 0.25) is 0 Å². The zero-order valence-corrected chi connectivity index (χ0v) is 15.7. The first-order chi connectivity index (χ1) is 12.6. The van der Waals surface area contributed by atoms with Gasteiger partial charge >= 0.3 is 0 Å². The number of anilines is 1. The minimum Gasteiger partial charge on any atom is -0.375 e. The summed E-state index contributed by atoms with van der Waals surface area (Å²) in [5, 5.41) is 6.12. The van der Waals surface area contributed by atoms with Crippen molar-refractivity contribution in [2.24, 2.45) is 5.92 Å². The molecule has 26 heavy (non-hydrogen) atoms. The largest absolute Gasteiger partial charge is 0.375 e. The molecule has 0 N–H and O–H groups in total. The molecule has 1 saturated heterocycles. The highest BCUT2D eigenvalue weighted by Crippen LogP contribution is 2.29. The van der Waals surface area contributed by atoms with Gasteiger partial charge in [0.15, 0.2) is 5.82 Å². The molecular formula is C21H26N4O. The second-order valence-corrected chi connectivity index (χ2v) is 7.53. The van der Waals surface area contributed by atoms with Crippen LogP contribution in [0.2, 0.25) is 0 Å². The third-order valence-electron chi connectivity index (χ3n) is 4.92. The molecular weight excluding hydrogens is 324 g/mol. The number of hydrogen-bond acceptors (Lipinski definition) is 4. The van der Waals surface area contributed by atoms with Crippen LogP contribution in [0.1, 0.15) is 25.8 Å². The summed E-state index contributed by atoms with van der Waals surface area (Å²) in [6, 6.07) is 10.5. The van der Waals surface area contributed by atoms with Crippen LogP contribution < -0.4 is 4.90 Å². The zero-order chi connectivity index (χ0) is 18.1. The highest BCUT2D eigenvalue weighted by Gasteiger charge is 2.25. The van der Waals surface area contributed by atoms with Gasteiger partial charge in [0.05, 0.1) is 30.1 Å². The normalized spacial score (nSPS) is 18.0. The van der Waals surface area contributed by atoms with Crippen LogP contribution in [0.3, 0.4) is 0 Å². The molecule has 5 heteroatoms. The fourth-order valence-electron chi connectivity index (χ4n) is 3.64. The average Bonchev–Trinajstić information content (AvgIpc) is 3.02. The summed E-state index contributed by atoms with van der Waals surface area (Å²) in [6.45, 7) is 9.10. The van der Waals surface area contributed by atoms with E-state index in [4.69, 9.17) is 9.84 Å². The molecule has 4 rings (SSSR count). The number of pyridine rings is 1. The molecule has 1 unspecified atom stereocenters. The van der Waals surface area contributed by atoms with E-state index in [1.54, 1.807) is 0 Å². The van der Waals surface area contributed by atoms with Crippen molar-refractivity contribution in [3.05, 3.63) is 48.3 Å². The Hall–Kier alpha value is -2.40. The number of benzene rings is 1. The van der Waals surface area contributed by atoms with Crippen molar-refractivity contribution in [1.29, 1.82) is 0 Å². The molecule has 1 atom stereocenters. The second kappa shape index (κ2) is 7.08. The first-order valence-corrected chi connectivity index (χ1v) is 9.38. The topological polar surface area (TPSA) is 43.2 Å². The summed E-state index contributed by atoms with van der Waals surface area (Å²) in [6.07, 6.45) is 5.09. The van der Waals surface area contributed by atoms with E-state index in [9.17, 15) is 0 Å². The monoisotopic (exact) mass is 350 g/mol. The summed E-state index contributed by atoms with van der Waals surface area (Å²) in [5.41, 5.74) is 3.35. The number of nitrogens with zero attached hydrogens (tertiary/aromatic N) is 4. The van der Waals surface area contributed by atoms with Crippen LogP contribution >= 0.6 is 0 Å². The number of ether oxygens (including phenoxy) is 1. The lowest BCUT2D eigenvalue weighted by molar-refractivity contribution is 0.0274. The Balaban J connectivity index is 1.73. The third kappa shape index (κ3) is 3.31. The van der Waals surface area contributed by atoms with Crippen LogP contribution in [0.4, 0.5) is 5.82 Å². The van der Waals surface area contributed by atoms with E-state index < -0.39 is 0 Å². The number of rotatable bonds is 4. The Kier molecular flexibility index (Phi) is 4.64. The molecule has 1 aliphatic rings. The van der Waals surface area contributed by atoms with E-state index in [0.29, 0.717) is 5.92 Å². The van der Waals surface area contributed by atoms with Crippen molar-refractivity contribution in [1.82, 2.24) is 14.8 Å². The summed E-state index contributed by atoms with van der Waals surface area (Å²) >= 11 is 0. The third-order valence-corrected chi connectivity index (χ3v) is 4.92. The first-order valence-electron chi connectivity index (χ1n) is 9.38. The minimum atomic E-state index is 0.269. The second-order valence-electron chi connectivity index (χ2n) is 7.53. The van der Waals surface area contributed by atoms with Crippen LogP contribution in [0, 0.1) is 12.8 Å². The van der Waals surface area contributed by atoms with E-state index in [0.717, 1.165) is 48.5 Å². The lowest BCUT2D eigenvalue weighted by Gasteiger charge is -2.34. The average molecular weight is 350 g/mol. The van der Waals surface area contributed by atoms with Gasteiger partial charge < -0.3 is 9.64 Å². The molecule has 0 spiro atoms. The van der Waals surface area contributed by atoms with Crippen LogP contribution in [-0.2, 0) is 4.74 Å². The van der Waals surface area contributed by atoms with Crippen LogP contribution in [0.5, 0.6) is 0 Å². The fourth-order valence-corrected chi connectivity index (χ4v) is 3.64. The molecule has 2 aromatic heterocycles. The van der Waals surface area contributed by atoms with Gasteiger partial charge in [0, 0.05) is 24.7 Å². The maximum atomic E-state index is 5.97. The summed E-state index contributed by atoms with van der Waals surface area (Å²) in [7, 11) is 0. The van der Waals surface area contributed by atoms with Gasteiger partial charge in [-0.15, -0.1) is 5.10 Å². The predicted octanol–water partition coefficient (Wildman–Crippen LogP) is 3.98. The van der Waals surface area contributed by atoms with Gasteiger partial charge in [0.1, 0.15) is 0 Å². The molecule has 0 radical (unpaired) electrons. The van der Waals surface area contributed by atoms with Gasteiger partial charge in [-0.3, -0.25) is 4.98 Å². The van der Waals surface area contributed by atoms with Gasteiger partial charge in [-0.25, -0.2) is 4.68 Å². The number of fused-ring (bicyclic) bond motifs is 1. The summed E-state index contributed by atoms with van der Waals surface area (Å²) in [4.78, 5) is 6.69. The molecule has 3 aromatic rings. The molecule has 0 amide bonds. The predicted molar refractivity (Wildman–Crippen MR) is 105 cm³/mol. The number of aryl methyl sites for hydroxylation is 1. The molecule has 1 fully saturated rings. The first kappa shape index (κ1) is 17.0. The van der Waals surface area contributed by atoms with Crippen molar-refractivity contribution < 1.29 is 4.74 Å². The van der Waals surface area contributed by atoms with Crippen molar-refractivity contribution in [3.63, 3.8) is 0 Å². The quantitative estimate of drug-likeness (QED) is 0.714. The number of aromatic nitrogens is 3. The minimum absolute atomic E-state index is 0.269. The highest BCUT2D eigenvalue weighted by atomic mass is 16.5. The van der Waals surface area contributed by atoms with Gasteiger partial charge in [-0.1, -0.05) is 31.5 Å². The highest BCUT2D eigenvalue weighted by molar-refractivity contribution is 5.91. The van der Waals surface area contributed by atoms with E-state index in [1.165, 1.54) is 5.56 Å². The lowest BCUT2D eigenvalue weighted by Crippen LogP contribution is -2.43. The molecule has 1 aliphatic heterocycles. The van der Waals surface area contributed by atoms with E-state index in [2.05, 4.69) is 61.0 Å². The van der Waals surface area contributed by atoms with Crippen LogP contribution in [0.15, 0.2) is 42.7 Å². The Morgan fingerprint density at radius 3 is 2.77 bits per heavy atom. The number of hydrogen-bond donors (Lipinski definition) is 0. The van der Waals surface area contributed by atoms with Crippen LogP contribution in [0.25, 0.3) is 16.6 Å². The number of morpholine rings is 1. The summed E-state index contributed by atoms with van der Waals surface area (Å²) in [5.74, 6) is 1.66. The van der Waals surface area contributed by atoms with E-state index in [-0.39, 0.29) is 6.10 Å². The SMILES string of the molecule is Cc1ccc(-n2nc(N3CCOC(CC(C)C)C3)c3ccncc32)cc1. The molecule has 5 nitrogen and oxygen atoms in total. The maximum Gasteiger partial charge on any atom is 0.159 e. The molecule has 136 valence electrons. The van der Waals surface area contributed by atoms with E-state index in [1.807, 2.05) is 17.1 Å². The Morgan fingerprint density at radius 1 is 1.19 bits per heavy atom. The lowest BCUT2D eigenvalue weighted by atomic mass is 10.0. The van der Waals surface area contributed by atoms with E-state index >= 15 is 0 Å². The zero-order valence-electron chi connectivity index (χ0n) is 15.7. The molecule has 0 bridgehead atoms. The molecule has 3 heterocycles. The Bertz CT molecular complexity index is 885. The van der Waals surface area contributed by atoms with Gasteiger partial charge in [0.25, 0.3) is 0 Å². The van der Waals surface area contributed by atoms with Gasteiger partial charge in [-0.2, -0.15) is 0 Å². The maximum absolute atomic E-state index is 5.97. The van der Waals surface area contributed by atoms with Crippen molar-refractivity contribution in [2.45, 2.75) is 33.3 Å². The Labute approximate surface area is 154 Å². The standard InChI is InChI=1S/C21H26N4O/c1-15(2)12-18-14-24(10-11-26-18)21-19-8-9-22-13-20(19)25(23-21)17-6-4-16(3)5-7-17/h4-9,13,15,18H,10-12,14H2,1-3H3.